The van der Waals surface area contributed by atoms with E-state index >= 15 is 0 Å². The van der Waals surface area contributed by atoms with E-state index in [4.69, 9.17) is 0 Å². The zero-order valence-electron chi connectivity index (χ0n) is 7.61. The van der Waals surface area contributed by atoms with Crippen molar-refractivity contribution in [2.45, 2.75) is 31.2 Å². The second-order valence-electron chi connectivity index (χ2n) is 3.98. The Morgan fingerprint density at radius 2 is 2.15 bits per heavy atom. The van der Waals surface area contributed by atoms with E-state index in [1.54, 1.807) is 11.1 Å². The summed E-state index contributed by atoms with van der Waals surface area (Å²) in [7, 11) is 0. The predicted octanol–water partition coefficient (Wildman–Crippen LogP) is 2.56. The highest BCUT2D eigenvalue weighted by atomic mass is 14.8. The first-order valence-corrected chi connectivity index (χ1v) is 5.04. The fourth-order valence-electron chi connectivity index (χ4n) is 2.61. The molecule has 0 N–H and O–H groups in total. The van der Waals surface area contributed by atoms with E-state index in [0.29, 0.717) is 12.0 Å². The SMILES string of the molecule is C1=NC2CCc3ccccc3C2C1. The van der Waals surface area contributed by atoms with E-state index in [0.717, 1.165) is 6.42 Å². The van der Waals surface area contributed by atoms with Gasteiger partial charge < -0.3 is 0 Å². The molecule has 0 aromatic heterocycles. The van der Waals surface area contributed by atoms with Gasteiger partial charge in [-0.25, -0.2) is 0 Å². The van der Waals surface area contributed by atoms with Crippen molar-refractivity contribution >= 4 is 6.21 Å². The van der Waals surface area contributed by atoms with E-state index in [1.807, 2.05) is 0 Å². The van der Waals surface area contributed by atoms with Crippen molar-refractivity contribution in [2.75, 3.05) is 0 Å². The number of hydrogen-bond donors (Lipinski definition) is 0. The lowest BCUT2D eigenvalue weighted by Crippen LogP contribution is -2.20. The van der Waals surface area contributed by atoms with E-state index in [-0.39, 0.29) is 0 Å². The van der Waals surface area contributed by atoms with Crippen LogP contribution in [0.4, 0.5) is 0 Å². The van der Waals surface area contributed by atoms with Crippen LogP contribution in [0.1, 0.15) is 29.9 Å². The van der Waals surface area contributed by atoms with Crippen molar-refractivity contribution in [1.29, 1.82) is 0 Å². The first-order valence-electron chi connectivity index (χ1n) is 5.04. The highest BCUT2D eigenvalue weighted by molar-refractivity contribution is 5.63. The number of rotatable bonds is 0. The van der Waals surface area contributed by atoms with Crippen molar-refractivity contribution in [2.24, 2.45) is 4.99 Å². The van der Waals surface area contributed by atoms with Crippen LogP contribution in [0.15, 0.2) is 29.3 Å². The van der Waals surface area contributed by atoms with Gasteiger partial charge in [-0.1, -0.05) is 24.3 Å². The minimum Gasteiger partial charge on any atom is -0.294 e. The zero-order chi connectivity index (χ0) is 8.67. The van der Waals surface area contributed by atoms with Crippen LogP contribution in [-0.2, 0) is 6.42 Å². The molecule has 66 valence electrons. The first-order chi connectivity index (χ1) is 6.45. The number of aliphatic imine (C=N–C) groups is 1. The van der Waals surface area contributed by atoms with E-state index in [1.165, 1.54) is 12.8 Å². The highest BCUT2D eigenvalue weighted by Crippen LogP contribution is 2.37. The Bertz CT molecular complexity index is 354. The molecule has 1 heterocycles. The summed E-state index contributed by atoms with van der Waals surface area (Å²) in [4.78, 5) is 4.53. The molecular formula is C12H13N. The lowest BCUT2D eigenvalue weighted by Gasteiger charge is -2.26. The fourth-order valence-corrected chi connectivity index (χ4v) is 2.61. The molecule has 2 unspecified atom stereocenters. The molecule has 0 saturated heterocycles. The monoisotopic (exact) mass is 171 g/mol. The summed E-state index contributed by atoms with van der Waals surface area (Å²) in [5.74, 6) is 0.699. The Morgan fingerprint density at radius 3 is 3.15 bits per heavy atom. The van der Waals surface area contributed by atoms with Crippen LogP contribution in [0, 0.1) is 0 Å². The lowest BCUT2D eigenvalue weighted by atomic mass is 9.79. The fraction of sp³-hybridized carbons (Fsp3) is 0.417. The summed E-state index contributed by atoms with van der Waals surface area (Å²) < 4.78 is 0. The average Bonchev–Trinajstić information content (AvgIpc) is 2.65. The van der Waals surface area contributed by atoms with Gasteiger partial charge in [0.2, 0.25) is 0 Å². The molecule has 1 aromatic rings. The smallest absolute Gasteiger partial charge is 0.0571 e. The Labute approximate surface area is 78.5 Å². The van der Waals surface area contributed by atoms with Crippen LogP contribution in [0.5, 0.6) is 0 Å². The third-order valence-electron chi connectivity index (χ3n) is 3.28. The van der Waals surface area contributed by atoms with Gasteiger partial charge in [0.05, 0.1) is 6.04 Å². The van der Waals surface area contributed by atoms with Crippen molar-refractivity contribution in [1.82, 2.24) is 0 Å². The van der Waals surface area contributed by atoms with Crippen LogP contribution in [0.3, 0.4) is 0 Å². The minimum absolute atomic E-state index is 0.592. The molecule has 0 fully saturated rings. The van der Waals surface area contributed by atoms with Crippen molar-refractivity contribution in [3.8, 4) is 0 Å². The molecule has 0 bridgehead atoms. The summed E-state index contributed by atoms with van der Waals surface area (Å²) in [5.41, 5.74) is 3.10. The second-order valence-corrected chi connectivity index (χ2v) is 3.98. The van der Waals surface area contributed by atoms with Crippen LogP contribution < -0.4 is 0 Å². The molecular weight excluding hydrogens is 158 g/mol. The van der Waals surface area contributed by atoms with Gasteiger partial charge in [-0.05, 0) is 36.6 Å². The van der Waals surface area contributed by atoms with Gasteiger partial charge in [0.1, 0.15) is 0 Å². The number of hydrogen-bond acceptors (Lipinski definition) is 1. The quantitative estimate of drug-likeness (QED) is 0.569. The van der Waals surface area contributed by atoms with Crippen LogP contribution in [-0.4, -0.2) is 12.3 Å². The third kappa shape index (κ3) is 1.03. The summed E-state index contributed by atoms with van der Waals surface area (Å²) in [6.45, 7) is 0. The van der Waals surface area contributed by atoms with Crippen molar-refractivity contribution in [3.05, 3.63) is 35.4 Å². The zero-order valence-corrected chi connectivity index (χ0v) is 7.61. The Morgan fingerprint density at radius 1 is 1.23 bits per heavy atom. The van der Waals surface area contributed by atoms with Gasteiger partial charge in [0, 0.05) is 5.92 Å². The molecule has 0 saturated carbocycles. The number of aryl methyl sites for hydroxylation is 1. The molecule has 1 nitrogen and oxygen atoms in total. The largest absolute Gasteiger partial charge is 0.294 e. The maximum Gasteiger partial charge on any atom is 0.0571 e. The normalized spacial score (nSPS) is 29.8. The molecule has 0 spiro atoms. The number of nitrogens with zero attached hydrogens (tertiary/aromatic N) is 1. The Kier molecular flexibility index (Phi) is 1.51. The third-order valence-corrected chi connectivity index (χ3v) is 3.28. The van der Waals surface area contributed by atoms with Gasteiger partial charge in [0.25, 0.3) is 0 Å². The molecule has 1 aliphatic heterocycles. The van der Waals surface area contributed by atoms with Gasteiger partial charge in [-0.15, -0.1) is 0 Å². The standard InChI is InChI=1S/C12H13N/c1-2-4-10-9(3-1)5-6-12-11(10)7-8-13-12/h1-4,8,11-12H,5-7H2. The van der Waals surface area contributed by atoms with Crippen LogP contribution in [0.25, 0.3) is 0 Å². The average molecular weight is 171 g/mol. The van der Waals surface area contributed by atoms with Crippen LogP contribution in [0.2, 0.25) is 0 Å². The van der Waals surface area contributed by atoms with Gasteiger partial charge in [0.15, 0.2) is 0 Å². The minimum atomic E-state index is 0.592. The highest BCUT2D eigenvalue weighted by Gasteiger charge is 2.30. The van der Waals surface area contributed by atoms with Crippen LogP contribution >= 0.6 is 0 Å². The summed E-state index contributed by atoms with van der Waals surface area (Å²) in [6.07, 6.45) is 5.73. The predicted molar refractivity (Wildman–Crippen MR) is 54.4 cm³/mol. The molecule has 0 radical (unpaired) electrons. The topological polar surface area (TPSA) is 12.4 Å². The molecule has 2 aliphatic rings. The molecule has 2 atom stereocenters. The van der Waals surface area contributed by atoms with Gasteiger partial charge in [-0.3, -0.25) is 4.99 Å². The maximum atomic E-state index is 4.53. The van der Waals surface area contributed by atoms with E-state index < -0.39 is 0 Å². The van der Waals surface area contributed by atoms with Gasteiger partial charge in [-0.2, -0.15) is 0 Å². The Hall–Kier alpha value is -1.11. The molecule has 13 heavy (non-hydrogen) atoms. The molecule has 0 amide bonds. The summed E-state index contributed by atoms with van der Waals surface area (Å²) in [5, 5.41) is 0. The Balaban J connectivity index is 2.08. The summed E-state index contributed by atoms with van der Waals surface area (Å²) in [6, 6.07) is 9.44. The number of fused-ring (bicyclic) bond motifs is 3. The van der Waals surface area contributed by atoms with Gasteiger partial charge >= 0.3 is 0 Å². The summed E-state index contributed by atoms with van der Waals surface area (Å²) >= 11 is 0. The first kappa shape index (κ1) is 7.31. The van der Waals surface area contributed by atoms with E-state index in [9.17, 15) is 0 Å². The number of benzene rings is 1. The van der Waals surface area contributed by atoms with Crippen molar-refractivity contribution in [3.63, 3.8) is 0 Å². The maximum absolute atomic E-state index is 4.53. The van der Waals surface area contributed by atoms with E-state index in [2.05, 4.69) is 35.5 Å². The van der Waals surface area contributed by atoms with Crippen molar-refractivity contribution < 1.29 is 0 Å². The molecule has 3 rings (SSSR count). The molecule has 1 aliphatic carbocycles. The molecule has 1 aromatic carbocycles. The molecule has 1 heteroatoms. The lowest BCUT2D eigenvalue weighted by molar-refractivity contribution is 0.510. The second kappa shape index (κ2) is 2.69.